The Labute approximate surface area is 209 Å². The van der Waals surface area contributed by atoms with E-state index in [1.54, 1.807) is 0 Å². The SMILES string of the molecule is CCCCCCCCCCCC[N+](C)(C)Cc1ccc[cH-]1.CS(=O)(=O)[O-].[Fe+2].c1cc[cH-]c1. The first kappa shape index (κ1) is 33.3. The molecule has 0 radical (unpaired) electrons. The second-order valence-corrected chi connectivity index (χ2v) is 10.4. The molecule has 0 saturated heterocycles. The first-order chi connectivity index (χ1) is 14.6. The molecule has 0 aliphatic rings. The van der Waals surface area contributed by atoms with Gasteiger partial charge >= 0.3 is 17.1 Å². The first-order valence-corrected chi connectivity index (χ1v) is 13.6. The van der Waals surface area contributed by atoms with Gasteiger partial charge < -0.3 is 9.04 Å². The van der Waals surface area contributed by atoms with Gasteiger partial charge in [0.1, 0.15) is 0 Å². The summed E-state index contributed by atoms with van der Waals surface area (Å²) in [6, 6.07) is 18.8. The van der Waals surface area contributed by atoms with Crippen molar-refractivity contribution < 1.29 is 34.5 Å². The molecule has 0 spiro atoms. The van der Waals surface area contributed by atoms with Gasteiger partial charge in [-0.1, -0.05) is 58.3 Å². The second kappa shape index (κ2) is 20.7. The van der Waals surface area contributed by atoms with Crippen LogP contribution in [-0.4, -0.2) is 44.3 Å². The quantitative estimate of drug-likeness (QED) is 0.103. The number of nitrogens with zero attached hydrogens (tertiary/aromatic N) is 1. The second-order valence-electron chi connectivity index (χ2n) is 8.96. The van der Waals surface area contributed by atoms with Crippen LogP contribution >= 0.6 is 0 Å². The monoisotopic (exact) mass is 507 g/mol. The Morgan fingerprint density at radius 2 is 1.31 bits per heavy atom. The van der Waals surface area contributed by atoms with Crippen LogP contribution in [0.15, 0.2) is 54.6 Å². The van der Waals surface area contributed by atoms with E-state index < -0.39 is 10.1 Å². The van der Waals surface area contributed by atoms with E-state index >= 15 is 0 Å². The standard InChI is InChI=1S/C20H37N.C5H5.CH4O3S.Fe/c1-4-5-6-7-8-9-10-11-12-15-18-21(2,3)19-20-16-13-14-17-20;1-2-4-5-3-1;1-5(2,3)4;/h13-14,16-17H,4-12,15,18-19H2,1-3H3;1-5H;1H3,(H,2,3,4);/q;-1;;+2/p-1. The van der Waals surface area contributed by atoms with E-state index in [9.17, 15) is 0 Å². The van der Waals surface area contributed by atoms with Crippen LogP contribution in [0.25, 0.3) is 0 Å². The van der Waals surface area contributed by atoms with E-state index in [0.717, 1.165) is 4.48 Å². The van der Waals surface area contributed by atoms with Crippen molar-refractivity contribution >= 4 is 10.1 Å². The van der Waals surface area contributed by atoms with Crippen LogP contribution in [-0.2, 0) is 33.7 Å². The van der Waals surface area contributed by atoms with E-state index in [4.69, 9.17) is 13.0 Å². The van der Waals surface area contributed by atoms with Gasteiger partial charge in [-0.2, -0.15) is 30.3 Å². The zero-order valence-electron chi connectivity index (χ0n) is 20.6. The summed E-state index contributed by atoms with van der Waals surface area (Å²) in [7, 11) is 0.807. The van der Waals surface area contributed by atoms with Gasteiger partial charge in [0, 0.05) is 6.26 Å². The van der Waals surface area contributed by atoms with Gasteiger partial charge in [0.2, 0.25) is 0 Å². The van der Waals surface area contributed by atoms with E-state index in [1.807, 2.05) is 30.3 Å². The summed E-state index contributed by atoms with van der Waals surface area (Å²) in [5.74, 6) is 0. The Bertz CT molecular complexity index is 670. The summed E-state index contributed by atoms with van der Waals surface area (Å²) >= 11 is 0. The molecule has 0 aliphatic heterocycles. The third kappa shape index (κ3) is 27.1. The van der Waals surface area contributed by atoms with Crippen LogP contribution in [0.2, 0.25) is 0 Å². The number of rotatable bonds is 13. The summed E-state index contributed by atoms with van der Waals surface area (Å²) in [5.41, 5.74) is 1.48. The summed E-state index contributed by atoms with van der Waals surface area (Å²) < 4.78 is 28.4. The first-order valence-electron chi connectivity index (χ1n) is 11.7. The number of unbranched alkanes of at least 4 members (excludes halogenated alkanes) is 9. The van der Waals surface area contributed by atoms with Gasteiger partial charge in [-0.05, 0) is 12.8 Å². The Hall–Kier alpha value is -0.911. The maximum atomic E-state index is 9.08. The number of hydrogen-bond donors (Lipinski definition) is 0. The fourth-order valence-electron chi connectivity index (χ4n) is 3.44. The molecular formula is C26H45FeNO3S. The van der Waals surface area contributed by atoms with Crippen molar-refractivity contribution in [3.05, 3.63) is 60.2 Å². The molecule has 2 aromatic rings. The van der Waals surface area contributed by atoms with Crippen LogP contribution in [0, 0.1) is 0 Å². The van der Waals surface area contributed by atoms with Crippen molar-refractivity contribution in [1.82, 2.24) is 0 Å². The summed E-state index contributed by atoms with van der Waals surface area (Å²) in [5, 5.41) is 0. The third-order valence-electron chi connectivity index (χ3n) is 5.01. The Balaban J connectivity index is 0. The van der Waals surface area contributed by atoms with Gasteiger partial charge in [-0.15, -0.1) is 5.56 Å². The van der Waals surface area contributed by atoms with E-state index in [2.05, 4.69) is 45.3 Å². The molecule has 186 valence electrons. The molecule has 0 N–H and O–H groups in total. The van der Waals surface area contributed by atoms with Gasteiger partial charge in [0.25, 0.3) is 0 Å². The summed E-state index contributed by atoms with van der Waals surface area (Å²) in [4.78, 5) is 0. The van der Waals surface area contributed by atoms with Gasteiger partial charge in [-0.3, -0.25) is 0 Å². The van der Waals surface area contributed by atoms with Crippen LogP contribution in [0.5, 0.6) is 0 Å². The van der Waals surface area contributed by atoms with Crippen molar-refractivity contribution in [2.24, 2.45) is 0 Å². The molecule has 2 aromatic carbocycles. The molecule has 2 rings (SSSR count). The Morgan fingerprint density at radius 1 is 0.844 bits per heavy atom. The summed E-state index contributed by atoms with van der Waals surface area (Å²) in [6.45, 7) is 4.77. The normalized spacial score (nSPS) is 10.9. The van der Waals surface area contributed by atoms with Crippen LogP contribution in [0.4, 0.5) is 0 Å². The van der Waals surface area contributed by atoms with E-state index in [1.165, 1.54) is 82.9 Å². The molecule has 0 fully saturated rings. The largest absolute Gasteiger partial charge is 2.00 e. The molecule has 0 bridgehead atoms. The smallest absolute Gasteiger partial charge is 0.748 e. The van der Waals surface area contributed by atoms with Crippen LogP contribution in [0.1, 0.15) is 76.7 Å². The molecule has 0 amide bonds. The van der Waals surface area contributed by atoms with Crippen LogP contribution < -0.4 is 0 Å². The molecule has 32 heavy (non-hydrogen) atoms. The zero-order valence-corrected chi connectivity index (χ0v) is 22.5. The van der Waals surface area contributed by atoms with Gasteiger partial charge in [0.15, 0.2) is 0 Å². The molecule has 0 aliphatic carbocycles. The van der Waals surface area contributed by atoms with Gasteiger partial charge in [-0.25, -0.2) is 32.7 Å². The molecule has 0 aromatic heterocycles. The zero-order chi connectivity index (χ0) is 23.4. The molecule has 4 nitrogen and oxygen atoms in total. The maximum Gasteiger partial charge on any atom is 2.00 e. The molecule has 6 heteroatoms. The van der Waals surface area contributed by atoms with Crippen LogP contribution in [0.3, 0.4) is 0 Å². The fraction of sp³-hybridized carbons (Fsp3) is 0.615. The third-order valence-corrected chi connectivity index (χ3v) is 5.01. The molecule has 0 heterocycles. The van der Waals surface area contributed by atoms with Gasteiger partial charge in [0.05, 0.1) is 37.3 Å². The van der Waals surface area contributed by atoms with Crippen molar-refractivity contribution in [1.29, 1.82) is 0 Å². The number of hydrogen-bond acceptors (Lipinski definition) is 3. The summed E-state index contributed by atoms with van der Waals surface area (Å²) in [6.07, 6.45) is 14.9. The molecule has 0 saturated carbocycles. The average molecular weight is 508 g/mol. The molecule has 0 atom stereocenters. The molecule has 0 unspecified atom stereocenters. The van der Waals surface area contributed by atoms with E-state index in [0.29, 0.717) is 6.26 Å². The average Bonchev–Trinajstić information content (AvgIpc) is 3.38. The van der Waals surface area contributed by atoms with Crippen molar-refractivity contribution in [2.75, 3.05) is 26.9 Å². The topological polar surface area (TPSA) is 57.2 Å². The maximum absolute atomic E-state index is 9.08. The molecular weight excluding hydrogens is 462 g/mol. The Morgan fingerprint density at radius 3 is 1.69 bits per heavy atom. The van der Waals surface area contributed by atoms with Crippen molar-refractivity contribution in [2.45, 2.75) is 77.7 Å². The predicted molar refractivity (Wildman–Crippen MR) is 132 cm³/mol. The number of quaternary nitrogens is 1. The van der Waals surface area contributed by atoms with Crippen molar-refractivity contribution in [3.63, 3.8) is 0 Å². The van der Waals surface area contributed by atoms with Crippen molar-refractivity contribution in [3.8, 4) is 0 Å². The minimum absolute atomic E-state index is 0. The Kier molecular flexibility index (Phi) is 21.5. The minimum atomic E-state index is -3.92. The predicted octanol–water partition coefficient (Wildman–Crippen LogP) is 6.47. The van der Waals surface area contributed by atoms with E-state index in [-0.39, 0.29) is 17.1 Å². The fourth-order valence-corrected chi connectivity index (χ4v) is 3.44. The minimum Gasteiger partial charge on any atom is -0.748 e.